The van der Waals surface area contributed by atoms with E-state index in [2.05, 4.69) is 5.10 Å². The summed E-state index contributed by atoms with van der Waals surface area (Å²) in [6, 6.07) is 9.30. The highest BCUT2D eigenvalue weighted by Crippen LogP contribution is 2.01. The highest BCUT2D eigenvalue weighted by atomic mass is 16.5. The van der Waals surface area contributed by atoms with E-state index >= 15 is 0 Å². The smallest absolute Gasteiger partial charge is 0.210 e. The van der Waals surface area contributed by atoms with E-state index in [0.717, 1.165) is 10.5 Å². The summed E-state index contributed by atoms with van der Waals surface area (Å²) in [5.74, 6) is 0. The van der Waals surface area contributed by atoms with Crippen molar-refractivity contribution in [2.45, 2.75) is 6.92 Å². The lowest BCUT2D eigenvalue weighted by molar-refractivity contribution is -0.694. The van der Waals surface area contributed by atoms with Gasteiger partial charge in [0.05, 0.1) is 0 Å². The highest BCUT2D eigenvalue weighted by Gasteiger charge is 2.08. The van der Waals surface area contributed by atoms with E-state index in [1.165, 1.54) is 4.80 Å². The molecule has 0 N–H and O–H groups in total. The fourth-order valence-electron chi connectivity index (χ4n) is 1.12. The third-order valence-corrected chi connectivity index (χ3v) is 1.81. The zero-order valence-electron chi connectivity index (χ0n) is 7.21. The lowest BCUT2D eigenvalue weighted by Gasteiger charge is -2.03. The molecule has 0 bridgehead atoms. The molecule has 0 saturated heterocycles. The van der Waals surface area contributed by atoms with Crippen molar-refractivity contribution in [3.8, 4) is 5.69 Å². The van der Waals surface area contributed by atoms with Crippen molar-refractivity contribution in [2.24, 2.45) is 0 Å². The molecule has 0 aliphatic carbocycles. The van der Waals surface area contributed by atoms with Crippen LogP contribution in [0.2, 0.25) is 0 Å². The summed E-state index contributed by atoms with van der Waals surface area (Å²) in [5.41, 5.74) is 1.36. The average molecular weight is 175 g/mol. The van der Waals surface area contributed by atoms with Gasteiger partial charge in [0.15, 0.2) is 5.69 Å². The molecule has 1 aromatic carbocycles. The van der Waals surface area contributed by atoms with Gasteiger partial charge in [-0.3, -0.25) is 0 Å². The minimum absolute atomic E-state index is 0.587. The van der Waals surface area contributed by atoms with E-state index in [0.29, 0.717) is 5.69 Å². The summed E-state index contributed by atoms with van der Waals surface area (Å²) in [5, 5.41) is 15.3. The Bertz CT molecular complexity index is 408. The first-order valence-corrected chi connectivity index (χ1v) is 3.99. The number of aromatic nitrogens is 3. The molecule has 13 heavy (non-hydrogen) atoms. The molecule has 0 saturated carbocycles. The maximum Gasteiger partial charge on any atom is 0.210 e. The minimum Gasteiger partial charge on any atom is -0.692 e. The van der Waals surface area contributed by atoms with E-state index in [-0.39, 0.29) is 0 Å². The average Bonchev–Trinajstić information content (AvgIpc) is 2.49. The SMILES string of the molecule is Cc1cnn(-c2ccccc2)[n+]1[O-]. The van der Waals surface area contributed by atoms with Crippen LogP contribution in [0.1, 0.15) is 5.69 Å². The van der Waals surface area contributed by atoms with E-state index in [1.807, 2.05) is 30.3 Å². The summed E-state index contributed by atoms with van der Waals surface area (Å²) in [6.45, 7) is 1.72. The van der Waals surface area contributed by atoms with Crippen LogP contribution in [-0.2, 0) is 0 Å². The van der Waals surface area contributed by atoms with Gasteiger partial charge in [-0.05, 0) is 16.9 Å². The van der Waals surface area contributed by atoms with Gasteiger partial charge in [0.25, 0.3) is 0 Å². The maximum atomic E-state index is 11.4. The molecule has 2 rings (SSSR count). The molecule has 4 nitrogen and oxygen atoms in total. The Balaban J connectivity index is 2.53. The van der Waals surface area contributed by atoms with Crippen molar-refractivity contribution in [2.75, 3.05) is 0 Å². The Kier molecular flexibility index (Phi) is 1.73. The van der Waals surface area contributed by atoms with Crippen LogP contribution in [0.15, 0.2) is 36.5 Å². The Morgan fingerprint density at radius 1 is 1.31 bits per heavy atom. The molecule has 0 fully saturated rings. The quantitative estimate of drug-likeness (QED) is 0.475. The first-order chi connectivity index (χ1) is 6.29. The molecule has 0 amide bonds. The zero-order valence-corrected chi connectivity index (χ0v) is 7.21. The van der Waals surface area contributed by atoms with Gasteiger partial charge < -0.3 is 5.21 Å². The number of benzene rings is 1. The molecule has 0 spiro atoms. The van der Waals surface area contributed by atoms with Crippen molar-refractivity contribution >= 4 is 0 Å². The summed E-state index contributed by atoms with van der Waals surface area (Å²) in [6.07, 6.45) is 1.54. The molecule has 0 atom stereocenters. The van der Waals surface area contributed by atoms with Gasteiger partial charge in [0, 0.05) is 12.0 Å². The molecule has 2 aromatic rings. The van der Waals surface area contributed by atoms with Crippen LogP contribution in [0, 0.1) is 12.1 Å². The number of hydrogen-bond donors (Lipinski definition) is 0. The van der Waals surface area contributed by atoms with Crippen LogP contribution in [-0.4, -0.2) is 9.90 Å². The fourth-order valence-corrected chi connectivity index (χ4v) is 1.12. The van der Waals surface area contributed by atoms with Gasteiger partial charge in [-0.25, -0.2) is 0 Å². The molecule has 0 unspecified atom stereocenters. The monoisotopic (exact) mass is 175 g/mol. The highest BCUT2D eigenvalue weighted by molar-refractivity contribution is 5.27. The van der Waals surface area contributed by atoms with Gasteiger partial charge >= 0.3 is 0 Å². The second kappa shape index (κ2) is 2.90. The zero-order chi connectivity index (χ0) is 9.26. The Hall–Kier alpha value is -1.84. The molecule has 0 aliphatic heterocycles. The molecular formula is C9H9N3O. The second-order valence-corrected chi connectivity index (χ2v) is 2.78. The van der Waals surface area contributed by atoms with Gasteiger partial charge in [-0.1, -0.05) is 18.2 Å². The van der Waals surface area contributed by atoms with Gasteiger partial charge in [-0.15, -0.1) is 0 Å². The van der Waals surface area contributed by atoms with Crippen LogP contribution in [0.3, 0.4) is 0 Å². The van der Waals surface area contributed by atoms with E-state index in [1.54, 1.807) is 13.1 Å². The summed E-state index contributed by atoms with van der Waals surface area (Å²) in [7, 11) is 0. The molecular weight excluding hydrogens is 166 g/mol. The number of hydrogen-bond acceptors (Lipinski definition) is 2. The topological polar surface area (TPSA) is 44.8 Å². The molecule has 0 aliphatic rings. The predicted octanol–water partition coefficient (Wildman–Crippen LogP) is 0.814. The Morgan fingerprint density at radius 3 is 2.54 bits per heavy atom. The van der Waals surface area contributed by atoms with E-state index < -0.39 is 0 Å². The number of rotatable bonds is 1. The molecule has 0 radical (unpaired) electrons. The van der Waals surface area contributed by atoms with Gasteiger partial charge in [0.2, 0.25) is 6.20 Å². The van der Waals surface area contributed by atoms with Gasteiger partial charge in [-0.2, -0.15) is 4.85 Å². The van der Waals surface area contributed by atoms with Crippen molar-refractivity contribution in [3.05, 3.63) is 47.4 Å². The standard InChI is InChI=1S/C9H9N3O/c1-8-7-10-11(12(8)13)9-5-3-2-4-6-9/h2-7H,1H3. The fraction of sp³-hybridized carbons (Fsp3) is 0.111. The van der Waals surface area contributed by atoms with Crippen LogP contribution in [0.25, 0.3) is 5.69 Å². The predicted molar refractivity (Wildman–Crippen MR) is 47.3 cm³/mol. The number of aryl methyl sites for hydroxylation is 1. The number of para-hydroxylation sites is 1. The van der Waals surface area contributed by atoms with Crippen molar-refractivity contribution < 1.29 is 4.85 Å². The Morgan fingerprint density at radius 2 is 2.00 bits per heavy atom. The first kappa shape index (κ1) is 7.79. The van der Waals surface area contributed by atoms with Crippen molar-refractivity contribution in [3.63, 3.8) is 0 Å². The third-order valence-electron chi connectivity index (χ3n) is 1.81. The summed E-state index contributed by atoms with van der Waals surface area (Å²) in [4.78, 5) is 2.07. The van der Waals surface area contributed by atoms with E-state index in [4.69, 9.17) is 0 Å². The molecule has 4 heteroatoms. The van der Waals surface area contributed by atoms with E-state index in [9.17, 15) is 5.21 Å². The lowest BCUT2D eigenvalue weighted by Crippen LogP contribution is -2.38. The molecule has 66 valence electrons. The molecule has 1 aromatic heterocycles. The normalized spacial score (nSPS) is 10.2. The third kappa shape index (κ3) is 1.26. The largest absolute Gasteiger partial charge is 0.692 e. The van der Waals surface area contributed by atoms with Crippen molar-refractivity contribution in [1.82, 2.24) is 9.90 Å². The minimum atomic E-state index is 0.587. The summed E-state index contributed by atoms with van der Waals surface area (Å²) >= 11 is 0. The molecule has 1 heterocycles. The maximum absolute atomic E-state index is 11.4. The second-order valence-electron chi connectivity index (χ2n) is 2.78. The Labute approximate surface area is 75.6 Å². The van der Waals surface area contributed by atoms with Crippen LogP contribution < -0.4 is 4.85 Å². The van der Waals surface area contributed by atoms with Gasteiger partial charge in [0.1, 0.15) is 5.69 Å². The number of nitrogens with zero attached hydrogens (tertiary/aromatic N) is 3. The first-order valence-electron chi connectivity index (χ1n) is 3.99. The van der Waals surface area contributed by atoms with Crippen LogP contribution in [0.4, 0.5) is 0 Å². The van der Waals surface area contributed by atoms with Crippen LogP contribution in [0.5, 0.6) is 0 Å². The van der Waals surface area contributed by atoms with Crippen LogP contribution >= 0.6 is 0 Å². The summed E-state index contributed by atoms with van der Waals surface area (Å²) < 4.78 is 0. The lowest BCUT2D eigenvalue weighted by atomic mass is 10.3. The van der Waals surface area contributed by atoms with Crippen molar-refractivity contribution in [1.29, 1.82) is 0 Å².